The lowest BCUT2D eigenvalue weighted by Crippen LogP contribution is -2.37. The van der Waals surface area contributed by atoms with Crippen molar-refractivity contribution in [3.05, 3.63) is 60.8 Å². The summed E-state index contributed by atoms with van der Waals surface area (Å²) in [5.74, 6) is -0.891. The highest BCUT2D eigenvalue weighted by molar-refractivity contribution is 7.47. The first-order valence-corrected chi connectivity index (χ1v) is 25.5. The van der Waals surface area contributed by atoms with Gasteiger partial charge in [0.25, 0.3) is 0 Å². The molecule has 0 aliphatic heterocycles. The van der Waals surface area contributed by atoms with E-state index in [1.165, 1.54) is 109 Å². The fourth-order valence-electron chi connectivity index (χ4n) is 6.24. The molecule has 0 spiro atoms. The second kappa shape index (κ2) is 42.0. The van der Waals surface area contributed by atoms with E-state index in [1.807, 2.05) is 21.1 Å². The quantitative estimate of drug-likeness (QED) is 0.0212. The summed E-state index contributed by atoms with van der Waals surface area (Å²) in [4.78, 5) is 35.4. The lowest BCUT2D eigenvalue weighted by atomic mass is 10.1. The van der Waals surface area contributed by atoms with Crippen LogP contribution in [0.3, 0.4) is 0 Å². The van der Waals surface area contributed by atoms with Crippen LogP contribution in [0.15, 0.2) is 60.8 Å². The standard InChI is InChI=1S/C50H90NO8P/c1-6-8-10-12-14-16-18-20-22-23-24-25-26-27-29-30-32-34-36-38-40-42-49(52)56-46-48(47-58-60(54,55)57-45-44-51(3,4)5)59-50(53)43-41-39-37-35-33-31-28-21-19-17-15-13-11-9-7-2/h22-23,25-26,29-30,33-36,48H,6-21,24,27-28,31-32,37-47H2,1-5H3/p+1/b23-22+,26-25+,30-29+,35-33+,36-34+/t48-/m0/s1. The number of hydrogen-bond donors (Lipinski definition) is 1. The zero-order chi connectivity index (χ0) is 44.3. The Hall–Kier alpha value is -2.29. The van der Waals surface area contributed by atoms with Crippen molar-refractivity contribution in [3.8, 4) is 0 Å². The minimum Gasteiger partial charge on any atom is -0.462 e. The number of phosphoric acid groups is 1. The highest BCUT2D eigenvalue weighted by Crippen LogP contribution is 2.43. The van der Waals surface area contributed by atoms with Crippen molar-refractivity contribution >= 4 is 19.8 Å². The average molecular weight is 865 g/mol. The van der Waals surface area contributed by atoms with E-state index in [-0.39, 0.29) is 26.1 Å². The van der Waals surface area contributed by atoms with E-state index < -0.39 is 32.5 Å². The van der Waals surface area contributed by atoms with Gasteiger partial charge in [0, 0.05) is 12.8 Å². The maximum absolute atomic E-state index is 12.7. The fraction of sp³-hybridized carbons (Fsp3) is 0.760. The predicted octanol–water partition coefficient (Wildman–Crippen LogP) is 14.0. The minimum absolute atomic E-state index is 0.0178. The minimum atomic E-state index is -4.40. The molecular formula is C50H91NO8P+. The maximum Gasteiger partial charge on any atom is 0.472 e. The van der Waals surface area contributed by atoms with Crippen LogP contribution in [0.5, 0.6) is 0 Å². The molecule has 10 heteroatoms. The summed E-state index contributed by atoms with van der Waals surface area (Å²) in [5, 5.41) is 0. The third kappa shape index (κ3) is 45.2. The van der Waals surface area contributed by atoms with Crippen molar-refractivity contribution in [2.45, 2.75) is 200 Å². The van der Waals surface area contributed by atoms with Crippen LogP contribution in [-0.4, -0.2) is 74.9 Å². The number of carbonyl (C=O) groups excluding carboxylic acids is 2. The van der Waals surface area contributed by atoms with Gasteiger partial charge in [-0.3, -0.25) is 18.6 Å². The van der Waals surface area contributed by atoms with E-state index in [2.05, 4.69) is 74.6 Å². The Morgan fingerprint density at radius 3 is 1.40 bits per heavy atom. The van der Waals surface area contributed by atoms with E-state index in [1.54, 1.807) is 0 Å². The number of nitrogens with zero attached hydrogens (tertiary/aromatic N) is 1. The van der Waals surface area contributed by atoms with Crippen LogP contribution in [0.1, 0.15) is 194 Å². The van der Waals surface area contributed by atoms with Gasteiger partial charge in [-0.25, -0.2) is 4.57 Å². The Bertz CT molecular complexity index is 1210. The number of rotatable bonds is 43. The van der Waals surface area contributed by atoms with Crippen molar-refractivity contribution in [2.24, 2.45) is 0 Å². The molecule has 0 saturated carbocycles. The Morgan fingerprint density at radius 1 is 0.517 bits per heavy atom. The van der Waals surface area contributed by atoms with Crippen LogP contribution in [0.2, 0.25) is 0 Å². The first-order valence-electron chi connectivity index (χ1n) is 24.0. The van der Waals surface area contributed by atoms with Crippen molar-refractivity contribution in [1.29, 1.82) is 0 Å². The van der Waals surface area contributed by atoms with E-state index in [0.717, 1.165) is 44.9 Å². The number of ether oxygens (including phenoxy) is 2. The maximum atomic E-state index is 12.7. The lowest BCUT2D eigenvalue weighted by molar-refractivity contribution is -0.870. The highest BCUT2D eigenvalue weighted by atomic mass is 31.2. The molecule has 0 aromatic carbocycles. The summed E-state index contributed by atoms with van der Waals surface area (Å²) in [5.41, 5.74) is 0. The predicted molar refractivity (Wildman–Crippen MR) is 252 cm³/mol. The van der Waals surface area contributed by atoms with Gasteiger partial charge >= 0.3 is 19.8 Å². The molecule has 9 nitrogen and oxygen atoms in total. The Balaban J connectivity index is 4.42. The van der Waals surface area contributed by atoms with Gasteiger partial charge in [-0.05, 0) is 77.0 Å². The molecular weight excluding hydrogens is 774 g/mol. The molecule has 0 aromatic rings. The van der Waals surface area contributed by atoms with Crippen molar-refractivity contribution < 1.29 is 42.1 Å². The number of likely N-dealkylation sites (N-methyl/N-ethyl adjacent to an activating group) is 1. The topological polar surface area (TPSA) is 108 Å². The molecule has 0 rings (SSSR count). The number of quaternary nitrogens is 1. The first-order chi connectivity index (χ1) is 29.0. The average Bonchev–Trinajstić information content (AvgIpc) is 3.20. The van der Waals surface area contributed by atoms with Gasteiger partial charge < -0.3 is 18.9 Å². The number of hydrogen-bond acceptors (Lipinski definition) is 7. The zero-order valence-electron chi connectivity index (χ0n) is 39.2. The van der Waals surface area contributed by atoms with Gasteiger partial charge in [-0.15, -0.1) is 0 Å². The van der Waals surface area contributed by atoms with Crippen LogP contribution >= 0.6 is 7.82 Å². The fourth-order valence-corrected chi connectivity index (χ4v) is 6.98. The smallest absolute Gasteiger partial charge is 0.462 e. The van der Waals surface area contributed by atoms with Gasteiger partial charge in [0.1, 0.15) is 19.8 Å². The molecule has 0 aliphatic carbocycles. The molecule has 348 valence electrons. The lowest BCUT2D eigenvalue weighted by Gasteiger charge is -2.24. The van der Waals surface area contributed by atoms with Gasteiger partial charge in [0.05, 0.1) is 27.7 Å². The van der Waals surface area contributed by atoms with Crippen LogP contribution in [0.4, 0.5) is 0 Å². The largest absolute Gasteiger partial charge is 0.472 e. The summed E-state index contributed by atoms with van der Waals surface area (Å²) in [7, 11) is 1.43. The number of unbranched alkanes of at least 4 members (excludes halogenated alkanes) is 19. The van der Waals surface area contributed by atoms with Crippen molar-refractivity contribution in [2.75, 3.05) is 47.5 Å². The Morgan fingerprint density at radius 2 is 0.917 bits per heavy atom. The van der Waals surface area contributed by atoms with Crippen LogP contribution in [0, 0.1) is 0 Å². The van der Waals surface area contributed by atoms with Gasteiger partial charge in [0.15, 0.2) is 6.10 Å². The van der Waals surface area contributed by atoms with E-state index in [9.17, 15) is 19.0 Å². The number of phosphoric ester groups is 1. The molecule has 0 saturated heterocycles. The summed E-state index contributed by atoms with van der Waals surface area (Å²) in [6, 6.07) is 0. The highest BCUT2D eigenvalue weighted by Gasteiger charge is 2.27. The van der Waals surface area contributed by atoms with Crippen LogP contribution in [0.25, 0.3) is 0 Å². The first kappa shape index (κ1) is 57.7. The third-order valence-corrected chi connectivity index (χ3v) is 11.0. The molecule has 1 unspecified atom stereocenters. The number of carbonyl (C=O) groups is 2. The molecule has 60 heavy (non-hydrogen) atoms. The monoisotopic (exact) mass is 865 g/mol. The Kier molecular flexibility index (Phi) is 40.4. The van der Waals surface area contributed by atoms with Gasteiger partial charge in [0.2, 0.25) is 0 Å². The summed E-state index contributed by atoms with van der Waals surface area (Å²) < 4.78 is 34.3. The number of allylic oxidation sites excluding steroid dienone is 10. The van der Waals surface area contributed by atoms with Gasteiger partial charge in [-0.1, -0.05) is 164 Å². The normalized spacial score (nSPS) is 14.0. The Labute approximate surface area is 368 Å². The van der Waals surface area contributed by atoms with Crippen LogP contribution < -0.4 is 0 Å². The van der Waals surface area contributed by atoms with Crippen molar-refractivity contribution in [1.82, 2.24) is 0 Å². The molecule has 2 atom stereocenters. The molecule has 0 aliphatic rings. The third-order valence-electron chi connectivity index (χ3n) is 10.0. The second-order valence-corrected chi connectivity index (χ2v) is 18.6. The molecule has 0 aromatic heterocycles. The summed E-state index contributed by atoms with van der Waals surface area (Å²) in [6.07, 6.45) is 51.4. The number of esters is 2. The summed E-state index contributed by atoms with van der Waals surface area (Å²) >= 11 is 0. The van der Waals surface area contributed by atoms with Gasteiger partial charge in [-0.2, -0.15) is 0 Å². The molecule has 1 N–H and O–H groups in total. The SMILES string of the molecule is CCCCCCCCC/C=C/C/C=C/C/C=C/C/C=C/CCCC(=O)OC[C@@H](COP(=O)(O)OCC[N+](C)(C)C)OC(=O)CCCC/C=C/CCCCCCCCCCC. The van der Waals surface area contributed by atoms with E-state index in [0.29, 0.717) is 23.9 Å². The molecule has 0 heterocycles. The molecule has 0 fully saturated rings. The second-order valence-electron chi connectivity index (χ2n) is 17.1. The molecule has 0 radical (unpaired) electrons. The van der Waals surface area contributed by atoms with E-state index >= 15 is 0 Å². The zero-order valence-corrected chi connectivity index (χ0v) is 40.1. The summed E-state index contributed by atoms with van der Waals surface area (Å²) in [6.45, 7) is 4.33. The molecule has 0 amide bonds. The van der Waals surface area contributed by atoms with Crippen LogP contribution in [-0.2, 0) is 32.7 Å². The molecule has 0 bridgehead atoms. The van der Waals surface area contributed by atoms with E-state index in [4.69, 9.17) is 18.5 Å². The van der Waals surface area contributed by atoms with Crippen molar-refractivity contribution in [3.63, 3.8) is 0 Å².